The predicted molar refractivity (Wildman–Crippen MR) is 172 cm³/mol. The summed E-state index contributed by atoms with van der Waals surface area (Å²) in [7, 11) is 0. The molecule has 0 radical (unpaired) electrons. The monoisotopic (exact) mass is 605 g/mol. The minimum absolute atomic E-state index is 0.142. The van der Waals surface area contributed by atoms with E-state index >= 15 is 0 Å². The molecular formula is C36H47NO7. The molecule has 0 bridgehead atoms. The Bertz CT molecular complexity index is 1360. The minimum atomic E-state index is -1.64. The van der Waals surface area contributed by atoms with Crippen LogP contribution in [-0.2, 0) is 41.4 Å². The first-order valence-corrected chi connectivity index (χ1v) is 15.7. The van der Waals surface area contributed by atoms with Gasteiger partial charge in [0.25, 0.3) is 5.91 Å². The number of carboxylic acids is 1. The second-order valence-electron chi connectivity index (χ2n) is 11.2. The van der Waals surface area contributed by atoms with Crippen LogP contribution in [0.5, 0.6) is 0 Å². The van der Waals surface area contributed by atoms with Crippen LogP contribution in [-0.4, -0.2) is 61.5 Å². The van der Waals surface area contributed by atoms with Crippen molar-refractivity contribution in [1.29, 1.82) is 0 Å². The van der Waals surface area contributed by atoms with Crippen molar-refractivity contribution < 1.29 is 33.7 Å². The van der Waals surface area contributed by atoms with E-state index in [9.17, 15) is 19.5 Å². The van der Waals surface area contributed by atoms with E-state index < -0.39 is 36.7 Å². The molecule has 3 rings (SSSR count). The van der Waals surface area contributed by atoms with Crippen molar-refractivity contribution in [3.63, 3.8) is 0 Å². The Morgan fingerprint density at radius 3 is 2.14 bits per heavy atom. The number of unbranched alkanes of at least 4 members (excludes halogenated alkanes) is 4. The van der Waals surface area contributed by atoms with Gasteiger partial charge in [-0.15, -0.1) is 0 Å². The molecule has 0 heterocycles. The molecule has 0 aromatic heterocycles. The highest BCUT2D eigenvalue weighted by atomic mass is 16.6. The molecule has 8 heteroatoms. The van der Waals surface area contributed by atoms with E-state index in [1.165, 1.54) is 33.0 Å². The van der Waals surface area contributed by atoms with Gasteiger partial charge in [-0.1, -0.05) is 73.5 Å². The summed E-state index contributed by atoms with van der Waals surface area (Å²) in [5.41, 5.74) is 5.10. The Morgan fingerprint density at radius 1 is 0.750 bits per heavy atom. The van der Waals surface area contributed by atoms with Crippen LogP contribution in [0.3, 0.4) is 0 Å². The molecule has 0 fully saturated rings. The van der Waals surface area contributed by atoms with Gasteiger partial charge in [0.15, 0.2) is 12.2 Å². The number of aryl methyl sites for hydroxylation is 4. The van der Waals surface area contributed by atoms with Gasteiger partial charge in [-0.2, -0.15) is 0 Å². The molecule has 0 saturated carbocycles. The van der Waals surface area contributed by atoms with Gasteiger partial charge in [-0.3, -0.25) is 4.79 Å². The summed E-state index contributed by atoms with van der Waals surface area (Å²) in [5, 5.41) is 15.1. The van der Waals surface area contributed by atoms with Crippen LogP contribution >= 0.6 is 0 Å². The number of aliphatic carboxylic acids is 1. The Hall–Kier alpha value is -3.75. The molecule has 8 nitrogen and oxygen atoms in total. The van der Waals surface area contributed by atoms with Gasteiger partial charge >= 0.3 is 11.9 Å². The zero-order chi connectivity index (χ0) is 31.7. The number of esters is 1. The van der Waals surface area contributed by atoms with Crippen LogP contribution in [0.25, 0.3) is 10.8 Å². The van der Waals surface area contributed by atoms with Gasteiger partial charge in [0.05, 0.1) is 6.61 Å². The number of carbonyl (C=O) groups is 3. The van der Waals surface area contributed by atoms with Crippen LogP contribution < -0.4 is 5.32 Å². The molecule has 0 spiro atoms. The van der Waals surface area contributed by atoms with E-state index in [1.807, 2.05) is 12.1 Å². The van der Waals surface area contributed by atoms with Gasteiger partial charge < -0.3 is 24.6 Å². The third-order valence-corrected chi connectivity index (χ3v) is 7.70. The van der Waals surface area contributed by atoms with E-state index in [4.69, 9.17) is 14.2 Å². The lowest BCUT2D eigenvalue weighted by Crippen LogP contribution is -2.49. The zero-order valence-corrected chi connectivity index (χ0v) is 26.3. The number of amides is 1. The summed E-state index contributed by atoms with van der Waals surface area (Å²) in [4.78, 5) is 37.0. The van der Waals surface area contributed by atoms with Crippen LogP contribution in [0.2, 0.25) is 0 Å². The van der Waals surface area contributed by atoms with Crippen molar-refractivity contribution in [2.24, 2.45) is 0 Å². The van der Waals surface area contributed by atoms with Crippen molar-refractivity contribution in [1.82, 2.24) is 5.32 Å². The molecule has 238 valence electrons. The molecule has 2 N–H and O–H groups in total. The first kappa shape index (κ1) is 34.7. The maximum Gasteiger partial charge on any atom is 0.336 e. The van der Waals surface area contributed by atoms with Crippen LogP contribution in [0.1, 0.15) is 67.7 Å². The number of hydrogen-bond acceptors (Lipinski definition) is 6. The van der Waals surface area contributed by atoms with Gasteiger partial charge in [0.2, 0.25) is 0 Å². The van der Waals surface area contributed by atoms with Gasteiger partial charge in [0.1, 0.15) is 6.61 Å². The highest BCUT2D eigenvalue weighted by Crippen LogP contribution is 2.18. The third kappa shape index (κ3) is 11.7. The Labute approximate surface area is 261 Å². The number of fused-ring (bicyclic) bond motifs is 1. The number of carboxylic acid groups (broad SMARTS) is 1. The predicted octanol–water partition coefficient (Wildman–Crippen LogP) is 6.12. The molecule has 1 amide bonds. The topological polar surface area (TPSA) is 111 Å². The summed E-state index contributed by atoms with van der Waals surface area (Å²) in [6.07, 6.45) is 3.94. The average molecular weight is 606 g/mol. The van der Waals surface area contributed by atoms with E-state index in [2.05, 4.69) is 67.7 Å². The van der Waals surface area contributed by atoms with E-state index in [-0.39, 0.29) is 13.2 Å². The Morgan fingerprint density at radius 2 is 1.43 bits per heavy atom. The second kappa shape index (κ2) is 18.8. The number of hydrogen-bond donors (Lipinski definition) is 2. The fourth-order valence-corrected chi connectivity index (χ4v) is 5.06. The summed E-state index contributed by atoms with van der Waals surface area (Å²) in [5.74, 6) is -2.64. The van der Waals surface area contributed by atoms with Gasteiger partial charge in [-0.25, -0.2) is 9.59 Å². The molecule has 44 heavy (non-hydrogen) atoms. The molecular weight excluding hydrogens is 558 g/mol. The molecule has 0 saturated heterocycles. The summed E-state index contributed by atoms with van der Waals surface area (Å²) >= 11 is 0. The molecule has 3 aromatic rings. The molecule has 0 aliphatic rings. The molecule has 3 aromatic carbocycles. The first-order valence-electron chi connectivity index (χ1n) is 15.7. The zero-order valence-electron chi connectivity index (χ0n) is 26.3. The maximum atomic E-state index is 13.1. The lowest BCUT2D eigenvalue weighted by Gasteiger charge is -2.23. The van der Waals surface area contributed by atoms with Crippen LogP contribution in [0.4, 0.5) is 0 Å². The molecule has 0 aliphatic carbocycles. The second-order valence-corrected chi connectivity index (χ2v) is 11.2. The SMILES string of the molecule is CCOC(=O)CO[C@@H](C(=O)O)[C@@H](OCCCCCc1ccc(C)c(C)c1)C(=O)NCCCCCc1ccc2ccccc2c1. The smallest absolute Gasteiger partial charge is 0.336 e. The van der Waals surface area contributed by atoms with Crippen molar-refractivity contribution in [3.05, 3.63) is 82.9 Å². The fourth-order valence-electron chi connectivity index (χ4n) is 5.06. The normalized spacial score (nSPS) is 12.5. The number of nitrogens with one attached hydrogen (secondary N) is 1. The van der Waals surface area contributed by atoms with E-state index in [0.717, 1.165) is 44.9 Å². The molecule has 0 unspecified atom stereocenters. The number of benzene rings is 3. The standard InChI is InChI=1S/C36H47NO7/c1-4-42-32(38)25-44-34(36(40)41)33(43-22-12-6-8-13-28-18-17-26(2)27(3)23-28)35(39)37-21-11-5-7-14-29-19-20-30-15-9-10-16-31(30)24-29/h9-10,15-20,23-24,33-34H,4-8,11-14,21-22,25H2,1-3H3,(H,37,39)(H,40,41)/t33-,34-/m1/s1. The van der Waals surface area contributed by atoms with Gasteiger partial charge in [0, 0.05) is 13.2 Å². The van der Waals surface area contributed by atoms with Crippen LogP contribution in [0.15, 0.2) is 60.7 Å². The number of rotatable bonds is 20. The van der Waals surface area contributed by atoms with Crippen molar-refractivity contribution >= 4 is 28.6 Å². The quantitative estimate of drug-likeness (QED) is 0.118. The summed E-state index contributed by atoms with van der Waals surface area (Å²) < 4.78 is 16.0. The van der Waals surface area contributed by atoms with Crippen molar-refractivity contribution in [2.45, 2.75) is 84.3 Å². The molecule has 0 aliphatic heterocycles. The lowest BCUT2D eigenvalue weighted by molar-refractivity contribution is -0.174. The number of ether oxygens (including phenoxy) is 3. The fraction of sp³-hybridized carbons (Fsp3) is 0.472. The third-order valence-electron chi connectivity index (χ3n) is 7.70. The molecule has 2 atom stereocenters. The average Bonchev–Trinajstić information content (AvgIpc) is 3.01. The highest BCUT2D eigenvalue weighted by Gasteiger charge is 2.36. The maximum absolute atomic E-state index is 13.1. The van der Waals surface area contributed by atoms with Crippen molar-refractivity contribution in [2.75, 3.05) is 26.4 Å². The number of carbonyl (C=O) groups excluding carboxylic acids is 2. The van der Waals surface area contributed by atoms with Crippen LogP contribution in [0, 0.1) is 13.8 Å². The summed E-state index contributed by atoms with van der Waals surface area (Å²) in [6.45, 7) is 5.99. The lowest BCUT2D eigenvalue weighted by atomic mass is 10.0. The van der Waals surface area contributed by atoms with E-state index in [1.54, 1.807) is 6.92 Å². The van der Waals surface area contributed by atoms with E-state index in [0.29, 0.717) is 13.0 Å². The summed E-state index contributed by atoms with van der Waals surface area (Å²) in [6, 6.07) is 21.3. The Kier molecular flexibility index (Phi) is 14.9. The largest absolute Gasteiger partial charge is 0.479 e. The van der Waals surface area contributed by atoms with Crippen molar-refractivity contribution in [3.8, 4) is 0 Å². The first-order chi connectivity index (χ1) is 21.3. The van der Waals surface area contributed by atoms with Gasteiger partial charge in [-0.05, 0) is 92.3 Å². The highest BCUT2D eigenvalue weighted by molar-refractivity contribution is 5.88. The Balaban J connectivity index is 1.46. The minimum Gasteiger partial charge on any atom is -0.479 e.